The Bertz CT molecular complexity index is 543. The van der Waals surface area contributed by atoms with Crippen molar-refractivity contribution in [2.24, 2.45) is 5.41 Å². The van der Waals surface area contributed by atoms with E-state index >= 15 is 0 Å². The Morgan fingerprint density at radius 2 is 1.92 bits per heavy atom. The summed E-state index contributed by atoms with van der Waals surface area (Å²) in [6.07, 6.45) is 1.39. The van der Waals surface area contributed by atoms with Crippen LogP contribution in [-0.4, -0.2) is 61.3 Å². The average molecular weight is 331 g/mol. The molecule has 1 heterocycles. The standard InChI is InChI=1S/C19H29N3O2/c1-19(15-20)8-10-22(11-9-19)12-16-4-6-18(7-5-16)24-14-17(23)13-21(2)3/h4-7,17,23H,8-14H2,1-3H3. The molecule has 0 radical (unpaired) electrons. The fourth-order valence-corrected chi connectivity index (χ4v) is 2.93. The number of hydrogen-bond acceptors (Lipinski definition) is 5. The van der Waals surface area contributed by atoms with Gasteiger partial charge in [0.1, 0.15) is 18.5 Å². The van der Waals surface area contributed by atoms with E-state index in [9.17, 15) is 10.4 Å². The highest BCUT2D eigenvalue weighted by molar-refractivity contribution is 5.27. The number of nitriles is 1. The molecule has 0 aromatic heterocycles. The minimum Gasteiger partial charge on any atom is -0.491 e. The quantitative estimate of drug-likeness (QED) is 0.829. The molecule has 1 aromatic rings. The number of likely N-dealkylation sites (N-methyl/N-ethyl adjacent to an activating group) is 1. The van der Waals surface area contributed by atoms with Crippen molar-refractivity contribution in [1.82, 2.24) is 9.80 Å². The number of nitrogens with zero attached hydrogens (tertiary/aromatic N) is 3. The van der Waals surface area contributed by atoms with Gasteiger partial charge in [0.15, 0.2) is 0 Å². The molecule has 2 rings (SSSR count). The van der Waals surface area contributed by atoms with Crippen molar-refractivity contribution >= 4 is 0 Å². The van der Waals surface area contributed by atoms with Crippen molar-refractivity contribution in [2.45, 2.75) is 32.4 Å². The number of likely N-dealkylation sites (tertiary alicyclic amines) is 1. The predicted octanol–water partition coefficient (Wildman–Crippen LogP) is 2.11. The monoisotopic (exact) mass is 331 g/mol. The molecule has 132 valence electrons. The normalized spacial score (nSPS) is 19.0. The third-order valence-corrected chi connectivity index (χ3v) is 4.58. The smallest absolute Gasteiger partial charge is 0.119 e. The van der Waals surface area contributed by atoms with Gasteiger partial charge in [-0.2, -0.15) is 5.26 Å². The molecule has 0 amide bonds. The van der Waals surface area contributed by atoms with Gasteiger partial charge in [-0.15, -0.1) is 0 Å². The Morgan fingerprint density at radius 1 is 1.29 bits per heavy atom. The maximum Gasteiger partial charge on any atom is 0.119 e. The van der Waals surface area contributed by atoms with Gasteiger partial charge in [-0.05, 0) is 64.6 Å². The number of hydrogen-bond donors (Lipinski definition) is 1. The van der Waals surface area contributed by atoms with Crippen LogP contribution in [0.25, 0.3) is 0 Å². The molecule has 1 aliphatic rings. The highest BCUT2D eigenvalue weighted by Crippen LogP contribution is 2.30. The van der Waals surface area contributed by atoms with Crippen LogP contribution in [-0.2, 0) is 6.54 Å². The fourth-order valence-electron chi connectivity index (χ4n) is 2.93. The molecule has 24 heavy (non-hydrogen) atoms. The topological polar surface area (TPSA) is 59.7 Å². The Labute approximate surface area is 145 Å². The number of ether oxygens (including phenoxy) is 1. The Kier molecular flexibility index (Phi) is 6.61. The number of benzene rings is 1. The SMILES string of the molecule is CN(C)CC(O)COc1ccc(CN2CCC(C)(C#N)CC2)cc1. The summed E-state index contributed by atoms with van der Waals surface area (Å²) < 4.78 is 5.63. The molecule has 1 saturated heterocycles. The lowest BCUT2D eigenvalue weighted by atomic mass is 9.82. The molecule has 1 atom stereocenters. The van der Waals surface area contributed by atoms with Gasteiger partial charge < -0.3 is 14.7 Å². The summed E-state index contributed by atoms with van der Waals surface area (Å²) in [7, 11) is 3.86. The Balaban J connectivity index is 1.77. The van der Waals surface area contributed by atoms with E-state index in [-0.39, 0.29) is 5.41 Å². The first kappa shape index (κ1) is 18.7. The average Bonchev–Trinajstić information content (AvgIpc) is 2.56. The molecule has 1 unspecified atom stereocenters. The zero-order valence-corrected chi connectivity index (χ0v) is 15.0. The Morgan fingerprint density at radius 3 is 2.46 bits per heavy atom. The second-order valence-electron chi connectivity index (χ2n) is 7.32. The molecule has 1 aliphatic heterocycles. The largest absolute Gasteiger partial charge is 0.491 e. The predicted molar refractivity (Wildman–Crippen MR) is 94.7 cm³/mol. The third-order valence-electron chi connectivity index (χ3n) is 4.58. The molecule has 5 heteroatoms. The van der Waals surface area contributed by atoms with Crippen molar-refractivity contribution in [1.29, 1.82) is 5.26 Å². The molecule has 5 nitrogen and oxygen atoms in total. The first-order valence-electron chi connectivity index (χ1n) is 8.58. The molecular formula is C19H29N3O2. The summed E-state index contributed by atoms with van der Waals surface area (Å²) in [6.45, 7) is 5.80. The number of aliphatic hydroxyl groups excluding tert-OH is 1. The molecule has 1 aromatic carbocycles. The number of rotatable bonds is 7. The van der Waals surface area contributed by atoms with E-state index in [4.69, 9.17) is 4.74 Å². The fraction of sp³-hybridized carbons (Fsp3) is 0.632. The zero-order chi connectivity index (χ0) is 17.6. The van der Waals surface area contributed by atoms with Crippen molar-refractivity contribution < 1.29 is 9.84 Å². The van der Waals surface area contributed by atoms with Gasteiger partial charge in [0.05, 0.1) is 11.5 Å². The van der Waals surface area contributed by atoms with E-state index in [0.717, 1.165) is 38.2 Å². The highest BCUT2D eigenvalue weighted by Gasteiger charge is 2.29. The number of aliphatic hydroxyl groups is 1. The van der Waals surface area contributed by atoms with E-state index < -0.39 is 6.10 Å². The molecule has 0 saturated carbocycles. The molecule has 1 N–H and O–H groups in total. The minimum absolute atomic E-state index is 0.151. The van der Waals surface area contributed by atoms with E-state index in [0.29, 0.717) is 13.2 Å². The second kappa shape index (κ2) is 8.48. The van der Waals surface area contributed by atoms with E-state index in [1.807, 2.05) is 31.1 Å². The van der Waals surface area contributed by atoms with Crippen LogP contribution in [0.4, 0.5) is 0 Å². The maximum atomic E-state index is 9.82. The van der Waals surface area contributed by atoms with Crippen molar-refractivity contribution in [3.05, 3.63) is 29.8 Å². The van der Waals surface area contributed by atoms with Crippen LogP contribution in [0.3, 0.4) is 0 Å². The maximum absolute atomic E-state index is 9.82. The van der Waals surface area contributed by atoms with Crippen LogP contribution < -0.4 is 4.74 Å². The summed E-state index contributed by atoms with van der Waals surface area (Å²) in [5.74, 6) is 0.784. The lowest BCUT2D eigenvalue weighted by Gasteiger charge is -2.34. The summed E-state index contributed by atoms with van der Waals surface area (Å²) in [4.78, 5) is 4.34. The third kappa shape index (κ3) is 5.79. The summed E-state index contributed by atoms with van der Waals surface area (Å²) in [6, 6.07) is 10.5. The van der Waals surface area contributed by atoms with Crippen molar-refractivity contribution in [2.75, 3.05) is 40.3 Å². The van der Waals surface area contributed by atoms with Crippen LogP contribution in [0, 0.1) is 16.7 Å². The van der Waals surface area contributed by atoms with Gasteiger partial charge in [0.25, 0.3) is 0 Å². The zero-order valence-electron chi connectivity index (χ0n) is 15.0. The van der Waals surface area contributed by atoms with Crippen LogP contribution in [0.15, 0.2) is 24.3 Å². The summed E-state index contributed by atoms with van der Waals surface area (Å²) in [5.41, 5.74) is 1.10. The van der Waals surface area contributed by atoms with E-state index in [1.54, 1.807) is 0 Å². The molecular weight excluding hydrogens is 302 g/mol. The van der Waals surface area contributed by atoms with Crippen LogP contribution >= 0.6 is 0 Å². The first-order valence-corrected chi connectivity index (χ1v) is 8.58. The summed E-state index contributed by atoms with van der Waals surface area (Å²) in [5, 5.41) is 19.0. The second-order valence-corrected chi connectivity index (χ2v) is 7.32. The summed E-state index contributed by atoms with van der Waals surface area (Å²) >= 11 is 0. The lowest BCUT2D eigenvalue weighted by Crippen LogP contribution is -2.37. The van der Waals surface area contributed by atoms with Gasteiger partial charge in [-0.3, -0.25) is 4.90 Å². The van der Waals surface area contributed by atoms with Crippen molar-refractivity contribution in [3.8, 4) is 11.8 Å². The van der Waals surface area contributed by atoms with Crippen LogP contribution in [0.5, 0.6) is 5.75 Å². The molecule has 0 bridgehead atoms. The van der Waals surface area contributed by atoms with Gasteiger partial charge in [0, 0.05) is 13.1 Å². The van der Waals surface area contributed by atoms with Gasteiger partial charge >= 0.3 is 0 Å². The van der Waals surface area contributed by atoms with Gasteiger partial charge in [-0.1, -0.05) is 12.1 Å². The van der Waals surface area contributed by atoms with E-state index in [2.05, 4.69) is 30.0 Å². The Hall–Kier alpha value is -1.61. The molecule has 0 aliphatic carbocycles. The highest BCUT2D eigenvalue weighted by atomic mass is 16.5. The van der Waals surface area contributed by atoms with Crippen LogP contribution in [0.2, 0.25) is 0 Å². The van der Waals surface area contributed by atoms with Crippen LogP contribution in [0.1, 0.15) is 25.3 Å². The van der Waals surface area contributed by atoms with Gasteiger partial charge in [-0.25, -0.2) is 0 Å². The van der Waals surface area contributed by atoms with Crippen molar-refractivity contribution in [3.63, 3.8) is 0 Å². The molecule has 0 spiro atoms. The molecule has 1 fully saturated rings. The van der Waals surface area contributed by atoms with Gasteiger partial charge in [0.2, 0.25) is 0 Å². The number of piperidine rings is 1. The first-order chi connectivity index (χ1) is 11.4. The van der Waals surface area contributed by atoms with E-state index in [1.165, 1.54) is 5.56 Å². The minimum atomic E-state index is -0.484. The lowest BCUT2D eigenvalue weighted by molar-refractivity contribution is 0.0831.